The minimum Gasteiger partial charge on any atom is -0.353 e. The largest absolute Gasteiger partial charge is 0.353 e. The van der Waals surface area contributed by atoms with Crippen LogP contribution in [0.1, 0.15) is 46.5 Å². The van der Waals surface area contributed by atoms with E-state index in [-0.39, 0.29) is 23.3 Å². The molecule has 2 aromatic rings. The predicted molar refractivity (Wildman–Crippen MR) is 116 cm³/mol. The van der Waals surface area contributed by atoms with Crippen molar-refractivity contribution in [2.24, 2.45) is 23.7 Å². The Bertz CT molecular complexity index is 957. The van der Waals surface area contributed by atoms with Crippen molar-refractivity contribution in [3.63, 3.8) is 0 Å². The number of fused-ring (bicyclic) bond motifs is 3. The van der Waals surface area contributed by atoms with Crippen molar-refractivity contribution in [2.45, 2.75) is 64.2 Å². The van der Waals surface area contributed by atoms with Crippen LogP contribution in [0, 0.1) is 23.7 Å². The monoisotopic (exact) mass is 414 g/mol. The van der Waals surface area contributed by atoms with Gasteiger partial charge in [0.25, 0.3) is 5.56 Å². The van der Waals surface area contributed by atoms with Gasteiger partial charge in [0.2, 0.25) is 5.91 Å². The fraction of sp³-hybridized carbons (Fsp3) is 0.636. The first-order valence-corrected chi connectivity index (χ1v) is 11.7. The second kappa shape index (κ2) is 8.46. The van der Waals surface area contributed by atoms with Gasteiger partial charge in [-0.15, -0.1) is 0 Å². The lowest BCUT2D eigenvalue weighted by Gasteiger charge is -2.28. The molecule has 4 atom stereocenters. The average molecular weight is 415 g/mol. The molecule has 0 radical (unpaired) electrons. The van der Waals surface area contributed by atoms with Gasteiger partial charge in [-0.3, -0.25) is 14.2 Å². The van der Waals surface area contributed by atoms with Gasteiger partial charge >= 0.3 is 0 Å². The molecule has 2 aliphatic carbocycles. The van der Waals surface area contributed by atoms with Crippen molar-refractivity contribution in [3.05, 3.63) is 28.7 Å². The molecule has 2 aliphatic rings. The molecule has 2 aromatic heterocycles. The summed E-state index contributed by atoms with van der Waals surface area (Å²) in [6.07, 6.45) is 6.92. The molecule has 4 rings (SSSR count). The van der Waals surface area contributed by atoms with Gasteiger partial charge in [-0.05, 0) is 62.0 Å². The first-order chi connectivity index (χ1) is 13.9. The molecule has 2 heterocycles. The fourth-order valence-electron chi connectivity index (χ4n) is 5.11. The van der Waals surface area contributed by atoms with Gasteiger partial charge in [0, 0.05) is 18.8 Å². The number of thioether (sulfide) groups is 1. The molecule has 0 aromatic carbocycles. The van der Waals surface area contributed by atoms with Gasteiger partial charge in [-0.2, -0.15) is 0 Å². The van der Waals surface area contributed by atoms with Crippen LogP contribution in [0.4, 0.5) is 0 Å². The Labute approximate surface area is 175 Å². The highest BCUT2D eigenvalue weighted by atomic mass is 32.2. The van der Waals surface area contributed by atoms with Crippen LogP contribution in [0.25, 0.3) is 11.0 Å². The van der Waals surface area contributed by atoms with Crippen LogP contribution in [0.3, 0.4) is 0 Å². The zero-order valence-corrected chi connectivity index (χ0v) is 18.2. The van der Waals surface area contributed by atoms with Crippen molar-refractivity contribution in [1.29, 1.82) is 0 Å². The van der Waals surface area contributed by atoms with Crippen molar-refractivity contribution in [1.82, 2.24) is 19.9 Å². The lowest BCUT2D eigenvalue weighted by Crippen LogP contribution is -2.41. The molecule has 2 fully saturated rings. The highest BCUT2D eigenvalue weighted by Crippen LogP contribution is 2.49. The SMILES string of the molecule is CC(C)Cn1c(SCC(=O)N[C@@H](C)[C@H]2C[C@H]3CC[C@H]2C3)nc2ncccc2c1=O. The summed E-state index contributed by atoms with van der Waals surface area (Å²) >= 11 is 1.33. The molecule has 0 aliphatic heterocycles. The molecule has 1 amide bonds. The normalized spacial score (nSPS) is 24.3. The summed E-state index contributed by atoms with van der Waals surface area (Å²) in [5.41, 5.74) is 0.353. The van der Waals surface area contributed by atoms with Crippen molar-refractivity contribution >= 4 is 28.7 Å². The van der Waals surface area contributed by atoms with Crippen molar-refractivity contribution in [2.75, 3.05) is 5.75 Å². The maximum Gasteiger partial charge on any atom is 0.263 e. The average Bonchev–Trinajstić information content (AvgIpc) is 3.32. The zero-order chi connectivity index (χ0) is 20.5. The predicted octanol–water partition coefficient (Wildman–Crippen LogP) is 3.48. The van der Waals surface area contributed by atoms with E-state index in [1.807, 2.05) is 0 Å². The van der Waals surface area contributed by atoms with E-state index in [1.54, 1.807) is 22.9 Å². The summed E-state index contributed by atoms with van der Waals surface area (Å²) < 4.78 is 1.69. The number of carbonyl (C=O) groups excluding carboxylic acids is 1. The Hall–Kier alpha value is -1.89. The van der Waals surface area contributed by atoms with Crippen LogP contribution in [-0.2, 0) is 11.3 Å². The third-order valence-corrected chi connectivity index (χ3v) is 7.37. The highest BCUT2D eigenvalue weighted by Gasteiger charge is 2.42. The second-order valence-electron chi connectivity index (χ2n) is 9.06. The molecule has 29 heavy (non-hydrogen) atoms. The number of amides is 1. The number of hydrogen-bond donors (Lipinski definition) is 1. The number of hydrogen-bond acceptors (Lipinski definition) is 5. The summed E-state index contributed by atoms with van der Waals surface area (Å²) in [6.45, 7) is 6.85. The molecule has 156 valence electrons. The quantitative estimate of drug-likeness (QED) is 0.554. The lowest BCUT2D eigenvalue weighted by molar-refractivity contribution is -0.119. The zero-order valence-electron chi connectivity index (χ0n) is 17.4. The van der Waals surface area contributed by atoms with Crippen LogP contribution in [0.2, 0.25) is 0 Å². The van der Waals surface area contributed by atoms with Crippen molar-refractivity contribution < 1.29 is 4.79 Å². The Kier molecular flexibility index (Phi) is 5.95. The van der Waals surface area contributed by atoms with Gasteiger partial charge in [-0.25, -0.2) is 9.97 Å². The minimum atomic E-state index is -0.0879. The maximum absolute atomic E-state index is 12.9. The number of pyridine rings is 1. The summed E-state index contributed by atoms with van der Waals surface area (Å²) in [7, 11) is 0. The Balaban J connectivity index is 1.45. The molecule has 6 nitrogen and oxygen atoms in total. The van der Waals surface area contributed by atoms with Crippen LogP contribution in [0.5, 0.6) is 0 Å². The van der Waals surface area contributed by atoms with Gasteiger partial charge in [0.1, 0.15) is 0 Å². The second-order valence-corrected chi connectivity index (χ2v) is 10.0. The van der Waals surface area contributed by atoms with E-state index in [4.69, 9.17) is 0 Å². The van der Waals surface area contributed by atoms with E-state index in [9.17, 15) is 9.59 Å². The first kappa shape index (κ1) is 20.4. The molecule has 0 saturated heterocycles. The summed E-state index contributed by atoms with van der Waals surface area (Å²) in [6, 6.07) is 3.72. The van der Waals surface area contributed by atoms with E-state index in [2.05, 4.69) is 36.1 Å². The molecule has 2 bridgehead atoms. The Morgan fingerprint density at radius 3 is 2.83 bits per heavy atom. The summed E-state index contributed by atoms with van der Waals surface area (Å²) in [5, 5.41) is 4.29. The number of carbonyl (C=O) groups is 1. The molecule has 0 spiro atoms. The molecular weight excluding hydrogens is 384 g/mol. The molecular formula is C22H30N4O2S. The van der Waals surface area contributed by atoms with Crippen LogP contribution in [-0.4, -0.2) is 32.2 Å². The molecule has 0 unspecified atom stereocenters. The molecule has 2 saturated carbocycles. The van der Waals surface area contributed by atoms with E-state index >= 15 is 0 Å². The van der Waals surface area contributed by atoms with Gasteiger partial charge in [-0.1, -0.05) is 32.0 Å². The minimum absolute atomic E-state index is 0.0109. The Morgan fingerprint density at radius 1 is 1.31 bits per heavy atom. The summed E-state index contributed by atoms with van der Waals surface area (Å²) in [4.78, 5) is 34.4. The topological polar surface area (TPSA) is 76.9 Å². The third-order valence-electron chi connectivity index (χ3n) is 6.40. The van der Waals surface area contributed by atoms with E-state index < -0.39 is 0 Å². The maximum atomic E-state index is 12.9. The van der Waals surface area contributed by atoms with Gasteiger partial charge < -0.3 is 5.32 Å². The van der Waals surface area contributed by atoms with Gasteiger partial charge in [0.15, 0.2) is 10.8 Å². The summed E-state index contributed by atoms with van der Waals surface area (Å²) in [5.74, 6) is 2.84. The Morgan fingerprint density at radius 2 is 2.14 bits per heavy atom. The lowest BCUT2D eigenvalue weighted by atomic mass is 9.84. The van der Waals surface area contributed by atoms with E-state index in [0.29, 0.717) is 34.6 Å². The number of aromatic nitrogens is 3. The van der Waals surface area contributed by atoms with Gasteiger partial charge in [0.05, 0.1) is 11.1 Å². The van der Waals surface area contributed by atoms with Crippen LogP contribution >= 0.6 is 11.8 Å². The molecule has 1 N–H and O–H groups in total. The highest BCUT2D eigenvalue weighted by molar-refractivity contribution is 7.99. The van der Waals surface area contributed by atoms with E-state index in [0.717, 1.165) is 11.8 Å². The number of nitrogens with zero attached hydrogens (tertiary/aromatic N) is 3. The smallest absolute Gasteiger partial charge is 0.263 e. The fourth-order valence-corrected chi connectivity index (χ4v) is 5.92. The number of nitrogens with one attached hydrogen (secondary N) is 1. The van der Waals surface area contributed by atoms with Crippen molar-refractivity contribution in [3.8, 4) is 0 Å². The first-order valence-electron chi connectivity index (χ1n) is 10.7. The van der Waals surface area contributed by atoms with E-state index in [1.165, 1.54) is 37.4 Å². The number of rotatable bonds is 7. The third kappa shape index (κ3) is 4.34. The van der Waals surface area contributed by atoms with Crippen LogP contribution in [0.15, 0.2) is 28.3 Å². The standard InChI is InChI=1S/C22H30N4O2S/c1-13(2)11-26-21(28)17-5-4-8-23-20(17)25-22(26)29-12-19(27)24-14(3)18-10-15-6-7-16(18)9-15/h4-5,8,13-16,18H,6-7,9-12H2,1-3H3,(H,24,27)/t14-,15-,16-,18+/m0/s1. The van der Waals surface area contributed by atoms with Crippen LogP contribution < -0.4 is 10.9 Å². The molecule has 7 heteroatoms.